The van der Waals surface area contributed by atoms with Gasteiger partial charge in [-0.05, 0) is 34.1 Å². The van der Waals surface area contributed by atoms with Crippen LogP contribution in [0.3, 0.4) is 0 Å². The second-order valence-corrected chi connectivity index (χ2v) is 4.67. The fraction of sp³-hybridized carbons (Fsp3) is 0.0833. The summed E-state index contributed by atoms with van der Waals surface area (Å²) >= 11 is 3.28. The number of hydrogen-bond donors (Lipinski definition) is 2. The van der Waals surface area contributed by atoms with Crippen molar-refractivity contribution in [3.63, 3.8) is 0 Å². The SMILES string of the molecule is NNc1cccc(COc2cc([N+](=O)[O-])ccc2Br)n1. The molecule has 20 heavy (non-hydrogen) atoms. The van der Waals surface area contributed by atoms with Gasteiger partial charge in [-0.15, -0.1) is 0 Å². The minimum absolute atomic E-state index is 0.0338. The Hall–Kier alpha value is -2.19. The zero-order chi connectivity index (χ0) is 14.5. The average Bonchev–Trinajstić information content (AvgIpc) is 2.46. The van der Waals surface area contributed by atoms with E-state index in [2.05, 4.69) is 26.3 Å². The number of nitrogens with one attached hydrogen (secondary N) is 1. The molecule has 0 aliphatic carbocycles. The first-order chi connectivity index (χ1) is 9.60. The van der Waals surface area contributed by atoms with E-state index in [1.165, 1.54) is 12.1 Å². The molecule has 7 nitrogen and oxygen atoms in total. The van der Waals surface area contributed by atoms with Crippen LogP contribution in [-0.4, -0.2) is 9.91 Å². The number of nitrogens with zero attached hydrogens (tertiary/aromatic N) is 2. The number of nitrogen functional groups attached to an aromatic ring is 1. The first kappa shape index (κ1) is 14.2. The molecule has 0 amide bonds. The Kier molecular flexibility index (Phi) is 4.49. The van der Waals surface area contributed by atoms with E-state index < -0.39 is 4.92 Å². The molecule has 0 saturated heterocycles. The van der Waals surface area contributed by atoms with Crippen LogP contribution in [0, 0.1) is 10.1 Å². The molecule has 2 rings (SSSR count). The third kappa shape index (κ3) is 3.43. The third-order valence-corrected chi connectivity index (χ3v) is 3.11. The summed E-state index contributed by atoms with van der Waals surface area (Å²) in [6.07, 6.45) is 0. The normalized spacial score (nSPS) is 10.1. The van der Waals surface area contributed by atoms with Crippen molar-refractivity contribution >= 4 is 27.4 Å². The summed E-state index contributed by atoms with van der Waals surface area (Å²) in [4.78, 5) is 14.4. The first-order valence-corrected chi connectivity index (χ1v) is 6.39. The molecule has 8 heteroatoms. The lowest BCUT2D eigenvalue weighted by atomic mass is 10.3. The number of aromatic nitrogens is 1. The second kappa shape index (κ2) is 6.31. The molecule has 0 bridgehead atoms. The highest BCUT2D eigenvalue weighted by molar-refractivity contribution is 9.10. The summed E-state index contributed by atoms with van der Waals surface area (Å²) in [5.74, 6) is 6.17. The zero-order valence-electron chi connectivity index (χ0n) is 10.2. The molecule has 0 saturated carbocycles. The molecule has 0 atom stereocenters. The van der Waals surface area contributed by atoms with Gasteiger partial charge in [0, 0.05) is 6.07 Å². The van der Waals surface area contributed by atoms with Crippen LogP contribution in [0.25, 0.3) is 0 Å². The number of hydrogen-bond acceptors (Lipinski definition) is 6. The summed E-state index contributed by atoms with van der Waals surface area (Å²) in [5, 5.41) is 10.7. The van der Waals surface area contributed by atoms with E-state index >= 15 is 0 Å². The third-order valence-electron chi connectivity index (χ3n) is 2.46. The number of nitro groups is 1. The van der Waals surface area contributed by atoms with Crippen LogP contribution in [-0.2, 0) is 6.61 Å². The fourth-order valence-electron chi connectivity index (χ4n) is 1.51. The Morgan fingerprint density at radius 2 is 2.20 bits per heavy atom. The van der Waals surface area contributed by atoms with Crippen molar-refractivity contribution in [2.45, 2.75) is 6.61 Å². The lowest BCUT2D eigenvalue weighted by Gasteiger charge is -2.08. The van der Waals surface area contributed by atoms with Gasteiger partial charge < -0.3 is 10.2 Å². The molecule has 0 unspecified atom stereocenters. The number of non-ortho nitro benzene ring substituents is 1. The standard InChI is InChI=1S/C12H11BrN4O3/c13-10-5-4-9(17(18)19)6-11(10)20-7-8-2-1-3-12(15-8)16-14/h1-6H,7,14H2,(H,15,16). The van der Waals surface area contributed by atoms with E-state index in [0.717, 1.165) is 0 Å². The molecule has 2 aromatic rings. The van der Waals surface area contributed by atoms with Crippen molar-refractivity contribution < 1.29 is 9.66 Å². The molecule has 1 heterocycles. The molecule has 0 aliphatic rings. The number of benzene rings is 1. The van der Waals surface area contributed by atoms with Crippen molar-refractivity contribution in [2.75, 3.05) is 5.43 Å². The maximum Gasteiger partial charge on any atom is 0.273 e. The molecular weight excluding hydrogens is 328 g/mol. The Bertz CT molecular complexity index is 636. The van der Waals surface area contributed by atoms with E-state index in [-0.39, 0.29) is 12.3 Å². The van der Waals surface area contributed by atoms with Crippen LogP contribution in [0.5, 0.6) is 5.75 Å². The van der Waals surface area contributed by atoms with E-state index in [1.54, 1.807) is 24.3 Å². The first-order valence-electron chi connectivity index (χ1n) is 5.59. The van der Waals surface area contributed by atoms with Crippen LogP contribution < -0.4 is 16.0 Å². The van der Waals surface area contributed by atoms with Crippen molar-refractivity contribution in [1.82, 2.24) is 4.98 Å². The summed E-state index contributed by atoms with van der Waals surface area (Å²) in [7, 11) is 0. The predicted molar refractivity (Wildman–Crippen MR) is 77.2 cm³/mol. The highest BCUT2D eigenvalue weighted by Gasteiger charge is 2.10. The number of pyridine rings is 1. The van der Waals surface area contributed by atoms with Gasteiger partial charge in [-0.25, -0.2) is 10.8 Å². The van der Waals surface area contributed by atoms with Gasteiger partial charge in [-0.3, -0.25) is 10.1 Å². The van der Waals surface area contributed by atoms with E-state index in [9.17, 15) is 10.1 Å². The average molecular weight is 339 g/mol. The van der Waals surface area contributed by atoms with E-state index in [4.69, 9.17) is 10.6 Å². The number of halogens is 1. The van der Waals surface area contributed by atoms with Crippen LogP contribution in [0.15, 0.2) is 40.9 Å². The highest BCUT2D eigenvalue weighted by Crippen LogP contribution is 2.29. The highest BCUT2D eigenvalue weighted by atomic mass is 79.9. The van der Waals surface area contributed by atoms with Gasteiger partial charge >= 0.3 is 0 Å². The van der Waals surface area contributed by atoms with Gasteiger partial charge in [0.2, 0.25) is 0 Å². The largest absolute Gasteiger partial charge is 0.486 e. The number of nitrogens with two attached hydrogens (primary N) is 1. The summed E-state index contributed by atoms with van der Waals surface area (Å²) in [5.41, 5.74) is 3.05. The minimum atomic E-state index is -0.476. The Labute approximate surface area is 123 Å². The minimum Gasteiger partial charge on any atom is -0.486 e. The Morgan fingerprint density at radius 1 is 1.40 bits per heavy atom. The maximum absolute atomic E-state index is 10.7. The van der Waals surface area contributed by atoms with Crippen LogP contribution in [0.2, 0.25) is 0 Å². The molecule has 0 fully saturated rings. The van der Waals surface area contributed by atoms with Crippen LogP contribution in [0.4, 0.5) is 11.5 Å². The zero-order valence-corrected chi connectivity index (χ0v) is 11.8. The second-order valence-electron chi connectivity index (χ2n) is 3.82. The van der Waals surface area contributed by atoms with Gasteiger partial charge in [-0.1, -0.05) is 6.07 Å². The van der Waals surface area contributed by atoms with Gasteiger partial charge in [0.1, 0.15) is 18.2 Å². The van der Waals surface area contributed by atoms with Gasteiger partial charge in [0.15, 0.2) is 0 Å². The summed E-state index contributed by atoms with van der Waals surface area (Å²) in [6, 6.07) is 9.59. The quantitative estimate of drug-likeness (QED) is 0.493. The molecule has 3 N–H and O–H groups in total. The lowest BCUT2D eigenvalue weighted by Crippen LogP contribution is -2.09. The van der Waals surface area contributed by atoms with Crippen molar-refractivity contribution in [2.24, 2.45) is 5.84 Å². The molecule has 0 radical (unpaired) electrons. The lowest BCUT2D eigenvalue weighted by molar-refractivity contribution is -0.385. The Balaban J connectivity index is 2.13. The number of ether oxygens (including phenoxy) is 1. The number of rotatable bonds is 5. The van der Waals surface area contributed by atoms with Gasteiger partial charge in [-0.2, -0.15) is 0 Å². The number of hydrazine groups is 1. The van der Waals surface area contributed by atoms with Crippen molar-refractivity contribution in [3.05, 3.63) is 56.7 Å². The van der Waals surface area contributed by atoms with Crippen LogP contribution in [0.1, 0.15) is 5.69 Å². The van der Waals surface area contributed by atoms with E-state index in [0.29, 0.717) is 21.7 Å². The molecule has 104 valence electrons. The smallest absolute Gasteiger partial charge is 0.273 e. The van der Waals surface area contributed by atoms with Crippen molar-refractivity contribution in [1.29, 1.82) is 0 Å². The molecule has 1 aromatic carbocycles. The Morgan fingerprint density at radius 3 is 2.90 bits per heavy atom. The topological polar surface area (TPSA) is 103 Å². The van der Waals surface area contributed by atoms with Crippen molar-refractivity contribution in [3.8, 4) is 5.75 Å². The van der Waals surface area contributed by atoms with E-state index in [1.807, 2.05) is 0 Å². The predicted octanol–water partition coefficient (Wildman–Crippen LogP) is 2.62. The number of anilines is 1. The molecule has 0 aliphatic heterocycles. The summed E-state index contributed by atoms with van der Waals surface area (Å²) in [6.45, 7) is 0.176. The summed E-state index contributed by atoms with van der Waals surface area (Å²) < 4.78 is 6.17. The fourth-order valence-corrected chi connectivity index (χ4v) is 1.87. The van der Waals surface area contributed by atoms with Gasteiger partial charge in [0.05, 0.1) is 21.2 Å². The van der Waals surface area contributed by atoms with Crippen LogP contribution >= 0.6 is 15.9 Å². The monoisotopic (exact) mass is 338 g/mol. The van der Waals surface area contributed by atoms with Gasteiger partial charge in [0.25, 0.3) is 5.69 Å². The molecular formula is C12H11BrN4O3. The molecule has 1 aromatic heterocycles. The maximum atomic E-state index is 10.7. The number of nitro benzene ring substituents is 1. The molecule has 0 spiro atoms.